The lowest BCUT2D eigenvalue weighted by atomic mass is 9.78. The van der Waals surface area contributed by atoms with Gasteiger partial charge in [0, 0.05) is 18.8 Å². The summed E-state index contributed by atoms with van der Waals surface area (Å²) in [5, 5.41) is 0. The fourth-order valence-corrected chi connectivity index (χ4v) is 4.32. The summed E-state index contributed by atoms with van der Waals surface area (Å²) in [6.07, 6.45) is 18.0. The molecule has 2 nitrogen and oxygen atoms in total. The summed E-state index contributed by atoms with van der Waals surface area (Å²) in [4.78, 5) is 9.33. The van der Waals surface area contributed by atoms with E-state index in [9.17, 15) is 0 Å². The summed E-state index contributed by atoms with van der Waals surface area (Å²) < 4.78 is 0. The number of hydrogen-bond donors (Lipinski definition) is 0. The first kappa shape index (κ1) is 20.0. The fourth-order valence-electron chi connectivity index (χ4n) is 4.32. The molecule has 0 bridgehead atoms. The first-order valence-electron chi connectivity index (χ1n) is 11.2. The van der Waals surface area contributed by atoms with Gasteiger partial charge in [0.2, 0.25) is 0 Å². The Morgan fingerprint density at radius 3 is 2.00 bits per heavy atom. The van der Waals surface area contributed by atoms with Crippen molar-refractivity contribution in [3.8, 4) is 0 Å². The summed E-state index contributed by atoms with van der Waals surface area (Å²) in [6.45, 7) is 4.58. The van der Waals surface area contributed by atoms with Gasteiger partial charge in [0.1, 0.15) is 5.82 Å². The third-order valence-corrected chi connectivity index (χ3v) is 6.35. The SMILES string of the molecule is CCCCCc1ccc(CCc2ncc([C@H]3CC[C@H](CC)CC3)cn2)cc1. The Hall–Kier alpha value is -1.70. The maximum Gasteiger partial charge on any atom is 0.128 e. The van der Waals surface area contributed by atoms with Crippen LogP contribution in [0.5, 0.6) is 0 Å². The molecule has 0 spiro atoms. The second-order valence-corrected chi connectivity index (χ2v) is 8.33. The molecule has 1 fully saturated rings. The molecule has 3 rings (SSSR count). The average molecular weight is 365 g/mol. The summed E-state index contributed by atoms with van der Waals surface area (Å²) in [5.74, 6) is 2.61. The summed E-state index contributed by atoms with van der Waals surface area (Å²) in [6, 6.07) is 9.15. The molecule has 0 radical (unpaired) electrons. The molecular weight excluding hydrogens is 328 g/mol. The van der Waals surface area contributed by atoms with Crippen molar-refractivity contribution in [3.63, 3.8) is 0 Å². The lowest BCUT2D eigenvalue weighted by molar-refractivity contribution is 0.318. The molecule has 0 N–H and O–H groups in total. The molecule has 1 aliphatic carbocycles. The van der Waals surface area contributed by atoms with E-state index in [4.69, 9.17) is 0 Å². The van der Waals surface area contributed by atoms with Gasteiger partial charge >= 0.3 is 0 Å². The first-order chi connectivity index (χ1) is 13.3. The highest BCUT2D eigenvalue weighted by molar-refractivity contribution is 5.23. The first-order valence-corrected chi connectivity index (χ1v) is 11.2. The van der Waals surface area contributed by atoms with E-state index in [1.807, 2.05) is 0 Å². The molecule has 0 atom stereocenters. The van der Waals surface area contributed by atoms with Gasteiger partial charge in [-0.15, -0.1) is 0 Å². The van der Waals surface area contributed by atoms with Crippen molar-refractivity contribution < 1.29 is 0 Å². The van der Waals surface area contributed by atoms with Crippen molar-refractivity contribution in [1.82, 2.24) is 9.97 Å². The van der Waals surface area contributed by atoms with Crippen molar-refractivity contribution in [1.29, 1.82) is 0 Å². The number of aryl methyl sites for hydroxylation is 3. The minimum atomic E-state index is 0.683. The Balaban J connectivity index is 1.46. The molecule has 1 heterocycles. The number of rotatable bonds is 9. The predicted molar refractivity (Wildman–Crippen MR) is 114 cm³/mol. The predicted octanol–water partition coefficient (Wildman–Crippen LogP) is 6.68. The largest absolute Gasteiger partial charge is 0.241 e. The minimum absolute atomic E-state index is 0.683. The van der Waals surface area contributed by atoms with E-state index in [0.717, 1.165) is 24.6 Å². The zero-order valence-corrected chi connectivity index (χ0v) is 17.3. The third kappa shape index (κ3) is 6.16. The molecule has 1 aromatic heterocycles. The Kier molecular flexibility index (Phi) is 7.86. The van der Waals surface area contributed by atoms with Crippen LogP contribution in [0.2, 0.25) is 0 Å². The number of benzene rings is 1. The monoisotopic (exact) mass is 364 g/mol. The van der Waals surface area contributed by atoms with Gasteiger partial charge in [-0.3, -0.25) is 0 Å². The van der Waals surface area contributed by atoms with E-state index in [1.165, 1.54) is 74.5 Å². The molecule has 2 aromatic rings. The number of hydrogen-bond acceptors (Lipinski definition) is 2. The molecule has 1 aliphatic rings. The quantitative estimate of drug-likeness (QED) is 0.464. The van der Waals surface area contributed by atoms with E-state index in [1.54, 1.807) is 0 Å². The highest BCUT2D eigenvalue weighted by Crippen LogP contribution is 2.36. The van der Waals surface area contributed by atoms with Crippen molar-refractivity contribution in [2.75, 3.05) is 0 Å². The summed E-state index contributed by atoms with van der Waals surface area (Å²) >= 11 is 0. The van der Waals surface area contributed by atoms with E-state index < -0.39 is 0 Å². The molecule has 0 amide bonds. The second kappa shape index (κ2) is 10.6. The van der Waals surface area contributed by atoms with Crippen molar-refractivity contribution >= 4 is 0 Å². The number of aromatic nitrogens is 2. The smallest absolute Gasteiger partial charge is 0.128 e. The summed E-state index contributed by atoms with van der Waals surface area (Å²) in [7, 11) is 0. The minimum Gasteiger partial charge on any atom is -0.241 e. The number of nitrogens with zero attached hydrogens (tertiary/aromatic N) is 2. The fraction of sp³-hybridized carbons (Fsp3) is 0.600. The highest BCUT2D eigenvalue weighted by Gasteiger charge is 2.21. The maximum absolute atomic E-state index is 4.66. The van der Waals surface area contributed by atoms with Gasteiger partial charge in [0.15, 0.2) is 0 Å². The van der Waals surface area contributed by atoms with Crippen molar-refractivity contribution in [2.45, 2.75) is 90.4 Å². The van der Waals surface area contributed by atoms with Crippen LogP contribution in [0.1, 0.15) is 93.6 Å². The zero-order valence-electron chi connectivity index (χ0n) is 17.3. The normalized spacial score (nSPS) is 19.9. The van der Waals surface area contributed by atoms with Gasteiger partial charge in [0.25, 0.3) is 0 Å². The molecule has 1 aromatic carbocycles. The molecule has 2 heteroatoms. The maximum atomic E-state index is 4.66. The molecule has 0 saturated heterocycles. The van der Waals surface area contributed by atoms with Gasteiger partial charge in [0.05, 0.1) is 0 Å². The van der Waals surface area contributed by atoms with E-state index >= 15 is 0 Å². The molecular formula is C25H36N2. The van der Waals surface area contributed by atoms with E-state index in [-0.39, 0.29) is 0 Å². The number of unbranched alkanes of at least 4 members (excludes halogenated alkanes) is 2. The van der Waals surface area contributed by atoms with Crippen LogP contribution in [0.3, 0.4) is 0 Å². The average Bonchev–Trinajstić information content (AvgIpc) is 2.74. The van der Waals surface area contributed by atoms with Gasteiger partial charge in [-0.1, -0.05) is 57.4 Å². The van der Waals surface area contributed by atoms with Crippen LogP contribution >= 0.6 is 0 Å². The van der Waals surface area contributed by atoms with Crippen LogP contribution in [0.4, 0.5) is 0 Å². The Labute approximate surface area is 165 Å². The molecule has 27 heavy (non-hydrogen) atoms. The topological polar surface area (TPSA) is 25.8 Å². The Morgan fingerprint density at radius 2 is 1.41 bits per heavy atom. The highest BCUT2D eigenvalue weighted by atomic mass is 14.9. The van der Waals surface area contributed by atoms with Crippen LogP contribution in [-0.4, -0.2) is 9.97 Å². The van der Waals surface area contributed by atoms with Gasteiger partial charge < -0.3 is 0 Å². The van der Waals surface area contributed by atoms with Crippen LogP contribution in [0.25, 0.3) is 0 Å². The van der Waals surface area contributed by atoms with Crippen LogP contribution in [-0.2, 0) is 19.3 Å². The van der Waals surface area contributed by atoms with E-state index in [2.05, 4.69) is 60.5 Å². The summed E-state index contributed by atoms with van der Waals surface area (Å²) in [5.41, 5.74) is 4.20. The van der Waals surface area contributed by atoms with Crippen LogP contribution in [0, 0.1) is 5.92 Å². The van der Waals surface area contributed by atoms with Gasteiger partial charge in [-0.05, 0) is 73.5 Å². The van der Waals surface area contributed by atoms with Gasteiger partial charge in [-0.2, -0.15) is 0 Å². The van der Waals surface area contributed by atoms with Gasteiger partial charge in [-0.25, -0.2) is 9.97 Å². The standard InChI is InChI=1S/C25H36N2/c1-3-5-6-7-21-8-10-22(11-9-21)14-17-25-26-18-24(19-27-25)23-15-12-20(4-2)13-16-23/h8-11,18-20,23H,3-7,12-17H2,1-2H3/t20-,23-. The van der Waals surface area contributed by atoms with Crippen LogP contribution in [0.15, 0.2) is 36.7 Å². The lowest BCUT2D eigenvalue weighted by Gasteiger charge is -2.27. The second-order valence-electron chi connectivity index (χ2n) is 8.33. The van der Waals surface area contributed by atoms with Crippen molar-refractivity contribution in [2.24, 2.45) is 5.92 Å². The molecule has 146 valence electrons. The third-order valence-electron chi connectivity index (χ3n) is 6.35. The molecule has 1 saturated carbocycles. The molecule has 0 aliphatic heterocycles. The Morgan fingerprint density at radius 1 is 0.778 bits per heavy atom. The zero-order chi connectivity index (χ0) is 18.9. The van der Waals surface area contributed by atoms with Crippen LogP contribution < -0.4 is 0 Å². The Bertz CT molecular complexity index is 652. The lowest BCUT2D eigenvalue weighted by Crippen LogP contribution is -2.13. The van der Waals surface area contributed by atoms with E-state index in [0.29, 0.717) is 5.92 Å². The molecule has 0 unspecified atom stereocenters. The van der Waals surface area contributed by atoms with Crippen molar-refractivity contribution in [3.05, 3.63) is 59.2 Å².